The zero-order chi connectivity index (χ0) is 20.1. The van der Waals surface area contributed by atoms with Crippen LogP contribution in [0.4, 0.5) is 5.69 Å². The molecule has 1 aromatic carbocycles. The molecule has 0 unspecified atom stereocenters. The second-order valence-corrected chi connectivity index (χ2v) is 8.68. The minimum absolute atomic E-state index is 0.569. The summed E-state index contributed by atoms with van der Waals surface area (Å²) in [5, 5.41) is 8.63. The summed E-state index contributed by atoms with van der Waals surface area (Å²) in [7, 11) is 0. The molecule has 0 N–H and O–H groups in total. The molecule has 2 aromatic heterocycles. The van der Waals surface area contributed by atoms with Gasteiger partial charge in [0.25, 0.3) is 0 Å². The van der Waals surface area contributed by atoms with Gasteiger partial charge in [0.05, 0.1) is 0 Å². The van der Waals surface area contributed by atoms with Crippen LogP contribution in [0.25, 0.3) is 17.0 Å². The van der Waals surface area contributed by atoms with Gasteiger partial charge in [-0.1, -0.05) is 18.2 Å². The van der Waals surface area contributed by atoms with Crippen molar-refractivity contribution in [2.75, 3.05) is 11.4 Å². The average molecular weight is 396 g/mol. The van der Waals surface area contributed by atoms with Gasteiger partial charge >= 0.3 is 0 Å². The lowest BCUT2D eigenvalue weighted by Gasteiger charge is -2.32. The van der Waals surface area contributed by atoms with E-state index in [2.05, 4.69) is 74.1 Å². The summed E-state index contributed by atoms with van der Waals surface area (Å²) in [6, 6.07) is 11.5. The van der Waals surface area contributed by atoms with E-state index in [1.165, 1.54) is 53.8 Å². The second kappa shape index (κ2) is 6.94. The lowest BCUT2D eigenvalue weighted by molar-refractivity contribution is 0.746. The summed E-state index contributed by atoms with van der Waals surface area (Å²) >= 11 is 0. The quantitative estimate of drug-likeness (QED) is 0.597. The van der Waals surface area contributed by atoms with Gasteiger partial charge in [-0.25, -0.2) is 0 Å². The molecular formula is C25H25N5. The van der Waals surface area contributed by atoms with E-state index in [0.29, 0.717) is 12.0 Å². The molecule has 0 saturated heterocycles. The third-order valence-corrected chi connectivity index (χ3v) is 6.39. The molecular weight excluding hydrogens is 370 g/mol. The number of nitrogens with zero attached hydrogens (tertiary/aromatic N) is 5. The molecule has 3 heterocycles. The predicted octanol–water partition coefficient (Wildman–Crippen LogP) is 5.18. The molecule has 3 aromatic rings. The highest BCUT2D eigenvalue weighted by Crippen LogP contribution is 2.43. The third-order valence-electron chi connectivity index (χ3n) is 6.39. The molecule has 5 nitrogen and oxygen atoms in total. The average Bonchev–Trinajstić information content (AvgIpc) is 3.72. The summed E-state index contributed by atoms with van der Waals surface area (Å²) in [5.41, 5.74) is 7.65. The van der Waals surface area contributed by atoms with Crippen LogP contribution in [-0.2, 0) is 0 Å². The van der Waals surface area contributed by atoms with Gasteiger partial charge in [0.15, 0.2) is 5.82 Å². The van der Waals surface area contributed by atoms with Crippen molar-refractivity contribution in [1.82, 2.24) is 19.7 Å². The fraction of sp³-hybridized carbons (Fsp3) is 0.320. The Morgan fingerprint density at radius 3 is 2.73 bits per heavy atom. The monoisotopic (exact) mass is 395 g/mol. The number of aromatic nitrogens is 4. The molecule has 5 heteroatoms. The van der Waals surface area contributed by atoms with Crippen molar-refractivity contribution in [3.63, 3.8) is 0 Å². The maximum atomic E-state index is 4.44. The second-order valence-electron chi connectivity index (χ2n) is 8.68. The van der Waals surface area contributed by atoms with Crippen LogP contribution >= 0.6 is 0 Å². The van der Waals surface area contributed by atoms with Gasteiger partial charge in [-0.2, -0.15) is 0 Å². The molecule has 3 aliphatic rings. The van der Waals surface area contributed by atoms with E-state index in [0.717, 1.165) is 17.9 Å². The lowest BCUT2D eigenvalue weighted by atomic mass is 9.97. The van der Waals surface area contributed by atoms with Gasteiger partial charge in [0.1, 0.15) is 6.33 Å². The third kappa shape index (κ3) is 3.15. The molecule has 0 amide bonds. The first kappa shape index (κ1) is 17.6. The first-order chi connectivity index (χ1) is 14.8. The number of aryl methyl sites for hydroxylation is 1. The SMILES string of the molecule is Cc1cnccc1C1=CC=C(C2CC2)N(c2cccc(-c3nncn3C3CC3)c2)C1. The van der Waals surface area contributed by atoms with Gasteiger partial charge in [-0.05, 0) is 79.5 Å². The van der Waals surface area contributed by atoms with Gasteiger partial charge in [0.2, 0.25) is 0 Å². The Kier molecular flexibility index (Phi) is 4.08. The van der Waals surface area contributed by atoms with Crippen LogP contribution in [0.15, 0.2) is 66.9 Å². The smallest absolute Gasteiger partial charge is 0.164 e. The fourth-order valence-corrected chi connectivity index (χ4v) is 4.46. The van der Waals surface area contributed by atoms with Crippen LogP contribution in [0.2, 0.25) is 0 Å². The molecule has 2 aliphatic carbocycles. The van der Waals surface area contributed by atoms with Crippen LogP contribution < -0.4 is 4.90 Å². The standard InChI is InChI=1S/C25H25N5/c1-17-14-26-12-11-23(17)20-7-10-24(18-5-6-18)29(15-20)22-4-2-3-19(13-22)25-28-27-16-30(25)21-8-9-21/h2-4,7,10-14,16,18,21H,5-6,8-9,15H2,1H3. The fourth-order valence-electron chi connectivity index (χ4n) is 4.46. The lowest BCUT2D eigenvalue weighted by Crippen LogP contribution is -2.28. The van der Waals surface area contributed by atoms with Gasteiger partial charge in [-0.15, -0.1) is 10.2 Å². The van der Waals surface area contributed by atoms with Crippen molar-refractivity contribution in [1.29, 1.82) is 0 Å². The molecule has 0 spiro atoms. The predicted molar refractivity (Wildman–Crippen MR) is 119 cm³/mol. The van der Waals surface area contributed by atoms with E-state index in [9.17, 15) is 0 Å². The molecule has 30 heavy (non-hydrogen) atoms. The maximum absolute atomic E-state index is 4.44. The van der Waals surface area contributed by atoms with E-state index < -0.39 is 0 Å². The van der Waals surface area contributed by atoms with Crippen LogP contribution in [0.5, 0.6) is 0 Å². The van der Waals surface area contributed by atoms with Crippen LogP contribution in [0.1, 0.15) is 42.9 Å². The number of anilines is 1. The number of hydrogen-bond donors (Lipinski definition) is 0. The van der Waals surface area contributed by atoms with E-state index in [1.807, 2.05) is 18.7 Å². The topological polar surface area (TPSA) is 46.8 Å². The largest absolute Gasteiger partial charge is 0.340 e. The summed E-state index contributed by atoms with van der Waals surface area (Å²) in [4.78, 5) is 6.76. The zero-order valence-corrected chi connectivity index (χ0v) is 17.2. The number of hydrogen-bond acceptors (Lipinski definition) is 4. The Morgan fingerprint density at radius 2 is 1.93 bits per heavy atom. The maximum Gasteiger partial charge on any atom is 0.164 e. The zero-order valence-electron chi connectivity index (χ0n) is 17.2. The first-order valence-electron chi connectivity index (χ1n) is 10.9. The molecule has 0 atom stereocenters. The molecule has 0 radical (unpaired) electrons. The van der Waals surface area contributed by atoms with Crippen molar-refractivity contribution in [3.8, 4) is 11.4 Å². The Morgan fingerprint density at radius 1 is 1.03 bits per heavy atom. The molecule has 0 bridgehead atoms. The number of allylic oxidation sites excluding steroid dienone is 3. The van der Waals surface area contributed by atoms with E-state index in [-0.39, 0.29) is 0 Å². The highest BCUT2D eigenvalue weighted by molar-refractivity contribution is 5.78. The molecule has 1 aliphatic heterocycles. The van der Waals surface area contributed by atoms with Crippen LogP contribution in [-0.4, -0.2) is 26.3 Å². The van der Waals surface area contributed by atoms with E-state index in [1.54, 1.807) is 0 Å². The Balaban J connectivity index is 1.38. The highest BCUT2D eigenvalue weighted by Gasteiger charge is 2.32. The van der Waals surface area contributed by atoms with Crippen molar-refractivity contribution in [2.24, 2.45) is 5.92 Å². The van der Waals surface area contributed by atoms with Crippen LogP contribution in [0, 0.1) is 12.8 Å². The summed E-state index contributed by atoms with van der Waals surface area (Å²) < 4.78 is 2.23. The van der Waals surface area contributed by atoms with Crippen molar-refractivity contribution in [2.45, 2.75) is 38.6 Å². The van der Waals surface area contributed by atoms with Gasteiger partial charge in [0, 0.05) is 41.9 Å². The summed E-state index contributed by atoms with van der Waals surface area (Å²) in [6.07, 6.45) is 15.4. The Bertz CT molecular complexity index is 1160. The molecule has 150 valence electrons. The minimum atomic E-state index is 0.569. The van der Waals surface area contributed by atoms with Gasteiger partial charge in [-0.3, -0.25) is 4.98 Å². The van der Waals surface area contributed by atoms with E-state index >= 15 is 0 Å². The van der Waals surface area contributed by atoms with Crippen molar-refractivity contribution < 1.29 is 0 Å². The molecule has 2 saturated carbocycles. The van der Waals surface area contributed by atoms with Gasteiger partial charge < -0.3 is 9.47 Å². The normalized spacial score (nSPS) is 18.9. The van der Waals surface area contributed by atoms with Crippen molar-refractivity contribution in [3.05, 3.63) is 78.0 Å². The highest BCUT2D eigenvalue weighted by atomic mass is 15.3. The number of benzene rings is 1. The minimum Gasteiger partial charge on any atom is -0.340 e. The molecule has 6 rings (SSSR count). The molecule has 2 fully saturated rings. The number of rotatable bonds is 5. The van der Waals surface area contributed by atoms with E-state index in [4.69, 9.17) is 0 Å². The Hall–Kier alpha value is -3.21. The first-order valence-corrected chi connectivity index (χ1v) is 10.9. The van der Waals surface area contributed by atoms with Crippen molar-refractivity contribution >= 4 is 11.3 Å². The summed E-state index contributed by atoms with van der Waals surface area (Å²) in [5.74, 6) is 1.66. The van der Waals surface area contributed by atoms with Crippen LogP contribution in [0.3, 0.4) is 0 Å². The summed E-state index contributed by atoms with van der Waals surface area (Å²) in [6.45, 7) is 3.02. The number of pyridine rings is 1. The Labute approximate surface area is 176 Å².